The predicted octanol–water partition coefficient (Wildman–Crippen LogP) is -1.28. The lowest BCUT2D eigenvalue weighted by Gasteiger charge is -2.21. The van der Waals surface area contributed by atoms with Crippen LogP contribution in [0.5, 0.6) is 0 Å². The Morgan fingerprint density at radius 3 is 2.33 bits per heavy atom. The van der Waals surface area contributed by atoms with Crippen molar-refractivity contribution in [1.29, 1.82) is 0 Å². The minimum Gasteiger partial charge on any atom is -0.550 e. The second-order valence-electron chi connectivity index (χ2n) is 6.49. The van der Waals surface area contributed by atoms with Crippen LogP contribution in [0.2, 0.25) is 0 Å². The van der Waals surface area contributed by atoms with Gasteiger partial charge in [0.25, 0.3) is 0 Å². The summed E-state index contributed by atoms with van der Waals surface area (Å²) in [6, 6.07) is 10.7. The number of nitrogens with zero attached hydrogens (tertiary/aromatic N) is 2. The van der Waals surface area contributed by atoms with Crippen LogP contribution in [0.15, 0.2) is 42.6 Å². The smallest absolute Gasteiger partial charge is 0.336 e. The molecule has 11 nitrogen and oxygen atoms in total. The number of aliphatic hydroxyl groups is 1. The number of carboxylic acid groups (broad SMARTS) is 3. The first-order valence-electron chi connectivity index (χ1n) is 13.0. The van der Waals surface area contributed by atoms with Crippen molar-refractivity contribution in [2.75, 3.05) is 27.1 Å². The number of hydrogen-bond donors (Lipinski definition) is 4. The maximum Gasteiger partial charge on any atom is 0.336 e. The maximum absolute atomic E-state index is 10.3. The third kappa shape index (κ3) is 10.3. The molecule has 4 N–H and O–H groups in total. The van der Waals surface area contributed by atoms with Gasteiger partial charge in [-0.2, -0.15) is 5.10 Å². The van der Waals surface area contributed by atoms with E-state index in [2.05, 4.69) is 5.10 Å². The Morgan fingerprint density at radius 2 is 1.88 bits per heavy atom. The van der Waals surface area contributed by atoms with Crippen LogP contribution in [0.4, 0.5) is 0 Å². The van der Waals surface area contributed by atoms with Gasteiger partial charge in [-0.1, -0.05) is 37.8 Å². The maximum atomic E-state index is 10.3. The van der Waals surface area contributed by atoms with Crippen molar-refractivity contribution in [2.24, 2.45) is 7.05 Å². The van der Waals surface area contributed by atoms with Gasteiger partial charge in [0.05, 0.1) is 43.6 Å². The highest BCUT2D eigenvalue weighted by Gasteiger charge is 2.38. The molecule has 2 atom stereocenters. The van der Waals surface area contributed by atoms with Gasteiger partial charge in [0.1, 0.15) is 12.6 Å². The molecule has 0 fully saturated rings. The average Bonchev–Trinajstić information content (AvgIpc) is 3.17. The molecule has 2 aromatic rings. The standard InChI is InChI=1S/C15H21N3O.C6H8O7.CH4/c1-17(2)11-12-19-15(13-7-5-4-6-8-13)14-9-10-16-18(14)3;7-3(8)1-6(13,5(11)12)2-4(9)10;/h4-10,15H,11-12H2,1-3H3;13H,1-2H2,(H,7,8)(H,9,10)(H,11,12);1H4/i1D3,2D3,11D2;;. The lowest BCUT2D eigenvalue weighted by molar-refractivity contribution is -0.858. The minimum absolute atomic E-state index is 0. The molecular formula is C22H33N3O8. The Kier molecular flexibility index (Phi) is 7.71. The van der Waals surface area contributed by atoms with Crippen molar-refractivity contribution in [3.8, 4) is 0 Å². The van der Waals surface area contributed by atoms with E-state index in [1.54, 1.807) is 48.3 Å². The molecule has 0 saturated carbocycles. The lowest BCUT2D eigenvalue weighted by atomic mass is 9.96. The fourth-order valence-electron chi connectivity index (χ4n) is 2.52. The number of ether oxygens (including phenoxy) is 1. The van der Waals surface area contributed by atoms with Crippen molar-refractivity contribution in [3.63, 3.8) is 0 Å². The minimum atomic E-state index is -3.08. The summed E-state index contributed by atoms with van der Waals surface area (Å²) in [5.41, 5.74) is -1.47. The molecule has 1 aromatic carbocycles. The summed E-state index contributed by atoms with van der Waals surface area (Å²) >= 11 is 0. The van der Waals surface area contributed by atoms with Crippen molar-refractivity contribution in [3.05, 3.63) is 53.9 Å². The highest BCUT2D eigenvalue weighted by Crippen LogP contribution is 2.24. The summed E-state index contributed by atoms with van der Waals surface area (Å²) < 4.78 is 68.2. The van der Waals surface area contributed by atoms with E-state index >= 15 is 0 Å². The second kappa shape index (κ2) is 14.0. The monoisotopic (exact) mass is 475 g/mol. The van der Waals surface area contributed by atoms with Gasteiger partial charge in [0, 0.05) is 25.6 Å². The Hall–Kier alpha value is -3.28. The predicted molar refractivity (Wildman–Crippen MR) is 116 cm³/mol. The van der Waals surface area contributed by atoms with Crippen LogP contribution < -0.4 is 10.0 Å². The van der Waals surface area contributed by atoms with Gasteiger partial charge in [-0.15, -0.1) is 0 Å². The zero-order chi connectivity index (χ0) is 31.1. The van der Waals surface area contributed by atoms with Crippen LogP contribution in [0.3, 0.4) is 0 Å². The highest BCUT2D eigenvalue weighted by molar-refractivity contribution is 5.87. The van der Waals surface area contributed by atoms with Gasteiger partial charge >= 0.3 is 11.9 Å². The molecule has 0 aliphatic heterocycles. The summed E-state index contributed by atoms with van der Waals surface area (Å²) in [6.45, 7) is -9.56. The highest BCUT2D eigenvalue weighted by atomic mass is 16.5. The SMILES string of the molecule is C.O=C([O-])CC(O)(CC(=O)O)C(=O)O.[2H]C([2H])([2H])[NH+](C([2H])([2H])[2H])C([2H])([2H])COC(c1ccccc1)c1ccnn1C. The van der Waals surface area contributed by atoms with Gasteiger partial charge in [-0.3, -0.25) is 9.48 Å². The van der Waals surface area contributed by atoms with Crippen LogP contribution >= 0.6 is 0 Å². The Labute approximate surface area is 204 Å². The largest absolute Gasteiger partial charge is 0.550 e. The van der Waals surface area contributed by atoms with Crippen molar-refractivity contribution in [1.82, 2.24) is 9.78 Å². The summed E-state index contributed by atoms with van der Waals surface area (Å²) in [6.07, 6.45) is -1.61. The number of carbonyl (C=O) groups excluding carboxylic acids is 1. The third-order valence-corrected chi connectivity index (χ3v) is 4.01. The average molecular weight is 476 g/mol. The Morgan fingerprint density at radius 1 is 1.24 bits per heavy atom. The quantitative estimate of drug-likeness (QED) is 0.310. The zero-order valence-electron chi connectivity index (χ0n) is 25.0. The van der Waals surface area contributed by atoms with E-state index in [0.29, 0.717) is 11.3 Å². The normalized spacial score (nSPS) is 17.9. The molecule has 1 aromatic heterocycles. The van der Waals surface area contributed by atoms with Gasteiger partial charge in [-0.25, -0.2) is 4.79 Å². The van der Waals surface area contributed by atoms with E-state index in [9.17, 15) is 19.5 Å². The van der Waals surface area contributed by atoms with Gasteiger partial charge in [-0.05, 0) is 11.6 Å². The van der Waals surface area contributed by atoms with E-state index in [4.69, 9.17) is 31.0 Å². The van der Waals surface area contributed by atoms with Gasteiger partial charge in [0.15, 0.2) is 5.60 Å². The molecule has 184 valence electrons. The van der Waals surface area contributed by atoms with Crippen LogP contribution in [-0.2, 0) is 26.2 Å². The summed E-state index contributed by atoms with van der Waals surface area (Å²) in [7, 11) is 1.70. The first-order valence-corrected chi connectivity index (χ1v) is 9.02. The van der Waals surface area contributed by atoms with E-state index in [0.717, 1.165) is 0 Å². The number of carboxylic acids is 3. The molecule has 2 unspecified atom stereocenters. The number of hydrogen-bond acceptors (Lipinski definition) is 7. The summed E-state index contributed by atoms with van der Waals surface area (Å²) in [4.78, 5) is 29.2. The second-order valence-corrected chi connectivity index (χ2v) is 6.49. The Balaban J connectivity index is 0.000000971. The first kappa shape index (κ1) is 18.2. The van der Waals surface area contributed by atoms with E-state index in [1.165, 1.54) is 0 Å². The number of carbonyl (C=O) groups is 3. The number of rotatable bonds is 11. The molecule has 11 heteroatoms. The van der Waals surface area contributed by atoms with E-state index in [-0.39, 0.29) is 7.43 Å². The topological polar surface area (TPSA) is 166 Å². The lowest BCUT2D eigenvalue weighted by Crippen LogP contribution is -3.06. The van der Waals surface area contributed by atoms with Gasteiger partial charge < -0.3 is 34.9 Å². The van der Waals surface area contributed by atoms with Crippen LogP contribution in [0.1, 0.15) is 48.6 Å². The fraction of sp³-hybridized carbons (Fsp3) is 0.455. The Bertz CT molecular complexity index is 1130. The van der Waals surface area contributed by atoms with E-state index in [1.807, 2.05) is 6.07 Å². The number of benzene rings is 1. The van der Waals surface area contributed by atoms with Gasteiger partial charge in [0.2, 0.25) is 0 Å². The number of aliphatic carboxylic acids is 3. The zero-order valence-corrected chi connectivity index (χ0v) is 17.0. The summed E-state index contributed by atoms with van der Waals surface area (Å²) in [5, 5.41) is 39.6. The number of likely N-dealkylation sites (N-methyl/N-ethyl adjacent to an activating group) is 1. The molecular weight excluding hydrogens is 434 g/mol. The molecule has 0 spiro atoms. The number of quaternary nitrogens is 1. The van der Waals surface area contributed by atoms with Crippen LogP contribution in [0.25, 0.3) is 0 Å². The van der Waals surface area contributed by atoms with Crippen molar-refractivity contribution >= 4 is 17.9 Å². The molecule has 0 bridgehead atoms. The number of nitrogens with one attached hydrogen (secondary N) is 1. The number of aryl methyl sites for hydroxylation is 1. The van der Waals surface area contributed by atoms with E-state index < -0.39 is 74.4 Å². The molecule has 1 heterocycles. The molecule has 0 saturated heterocycles. The molecule has 0 aliphatic rings. The molecule has 0 amide bonds. The van der Waals surface area contributed by atoms with Crippen LogP contribution in [-0.4, -0.2) is 75.7 Å². The number of aromatic nitrogens is 2. The molecule has 0 radical (unpaired) electrons. The molecule has 33 heavy (non-hydrogen) atoms. The molecule has 2 rings (SSSR count). The fourth-order valence-corrected chi connectivity index (χ4v) is 2.52. The first-order chi connectivity index (χ1) is 18.1. The summed E-state index contributed by atoms with van der Waals surface area (Å²) in [5.74, 6) is -5.34. The van der Waals surface area contributed by atoms with Crippen molar-refractivity contribution < 1.29 is 55.4 Å². The molecule has 0 aliphatic carbocycles. The third-order valence-electron chi connectivity index (χ3n) is 4.01. The van der Waals surface area contributed by atoms with Crippen molar-refractivity contribution in [2.45, 2.75) is 32.0 Å². The van der Waals surface area contributed by atoms with Crippen LogP contribution in [0, 0.1) is 0 Å².